The Labute approximate surface area is 138 Å². The normalized spacial score (nSPS) is 11.3. The van der Waals surface area contributed by atoms with Gasteiger partial charge in [-0.1, -0.05) is 23.2 Å². The Kier molecular flexibility index (Phi) is 5.01. The Morgan fingerprint density at radius 3 is 2.43 bits per heavy atom. The van der Waals surface area contributed by atoms with Crippen molar-refractivity contribution in [2.75, 3.05) is 5.32 Å². The molecule has 2 rings (SSSR count). The second-order valence-corrected chi connectivity index (χ2v) is 5.37. The molecular formula is C14H9Cl2F3N2O2. The monoisotopic (exact) mass is 364 g/mol. The molecule has 1 N–H and O–H groups in total. The zero-order valence-corrected chi connectivity index (χ0v) is 12.8. The Bertz CT molecular complexity index is 803. The maximum atomic E-state index is 12.6. The number of pyridine rings is 1. The van der Waals surface area contributed by atoms with Crippen LogP contribution in [-0.4, -0.2) is 10.5 Å². The van der Waals surface area contributed by atoms with Crippen molar-refractivity contribution in [3.05, 3.63) is 62.5 Å². The number of carbonyl (C=O) groups excluding carboxylic acids is 1. The topological polar surface area (TPSA) is 51.1 Å². The van der Waals surface area contributed by atoms with Crippen molar-refractivity contribution < 1.29 is 18.0 Å². The van der Waals surface area contributed by atoms with Crippen LogP contribution in [0.2, 0.25) is 10.0 Å². The predicted octanol–water partition coefficient (Wildman–Crippen LogP) is 3.81. The second kappa shape index (κ2) is 6.64. The van der Waals surface area contributed by atoms with Gasteiger partial charge in [0.05, 0.1) is 15.6 Å². The minimum Gasteiger partial charge on any atom is -0.324 e. The number of nitrogens with zero attached hydrogens (tertiary/aromatic N) is 1. The third-order valence-corrected chi connectivity index (χ3v) is 3.57. The molecule has 1 heterocycles. The van der Waals surface area contributed by atoms with E-state index >= 15 is 0 Å². The third kappa shape index (κ3) is 4.49. The zero-order valence-electron chi connectivity index (χ0n) is 11.3. The number of nitrogens with one attached hydrogen (secondary N) is 1. The first kappa shape index (κ1) is 17.4. The number of amides is 1. The van der Waals surface area contributed by atoms with E-state index in [1.807, 2.05) is 0 Å². The van der Waals surface area contributed by atoms with E-state index in [-0.39, 0.29) is 5.02 Å². The lowest BCUT2D eigenvalue weighted by Crippen LogP contribution is -2.28. The first-order valence-corrected chi connectivity index (χ1v) is 6.95. The van der Waals surface area contributed by atoms with Crippen LogP contribution in [0.4, 0.5) is 18.9 Å². The van der Waals surface area contributed by atoms with Crippen molar-refractivity contribution in [3.63, 3.8) is 0 Å². The van der Waals surface area contributed by atoms with Crippen LogP contribution in [0.25, 0.3) is 0 Å². The first-order chi connectivity index (χ1) is 10.7. The van der Waals surface area contributed by atoms with Crippen molar-refractivity contribution in [1.82, 2.24) is 4.57 Å². The number of anilines is 1. The molecule has 1 amide bonds. The quantitative estimate of drug-likeness (QED) is 0.899. The highest BCUT2D eigenvalue weighted by Crippen LogP contribution is 2.28. The van der Waals surface area contributed by atoms with Crippen LogP contribution in [0.1, 0.15) is 5.56 Å². The summed E-state index contributed by atoms with van der Waals surface area (Å²) in [6.45, 7) is -0.566. The Morgan fingerprint density at radius 1 is 1.13 bits per heavy atom. The molecule has 0 atom stereocenters. The molecule has 0 bridgehead atoms. The number of hydrogen-bond acceptors (Lipinski definition) is 2. The fraction of sp³-hybridized carbons (Fsp3) is 0.143. The standard InChI is InChI=1S/C14H9Cl2F3N2O2/c15-10-3-2-9(5-11(10)16)20-12(22)7-21-6-8(14(17,18)19)1-4-13(21)23/h1-6H,7H2,(H,20,22). The van der Waals surface area contributed by atoms with E-state index in [0.717, 1.165) is 6.07 Å². The van der Waals surface area contributed by atoms with Crippen molar-refractivity contribution in [2.45, 2.75) is 12.7 Å². The summed E-state index contributed by atoms with van der Waals surface area (Å²) in [6.07, 6.45) is -4.01. The number of aromatic nitrogens is 1. The summed E-state index contributed by atoms with van der Waals surface area (Å²) in [6, 6.07) is 5.73. The molecule has 0 unspecified atom stereocenters. The molecule has 0 aliphatic carbocycles. The molecule has 2 aromatic rings. The van der Waals surface area contributed by atoms with Crippen molar-refractivity contribution in [1.29, 1.82) is 0 Å². The molecule has 4 nitrogen and oxygen atoms in total. The highest BCUT2D eigenvalue weighted by molar-refractivity contribution is 6.42. The molecule has 0 spiro atoms. The smallest absolute Gasteiger partial charge is 0.324 e. The average Bonchev–Trinajstić information content (AvgIpc) is 2.44. The summed E-state index contributed by atoms with van der Waals surface area (Å²) >= 11 is 11.5. The number of alkyl halides is 3. The van der Waals surface area contributed by atoms with Gasteiger partial charge in [-0.25, -0.2) is 0 Å². The molecule has 0 radical (unpaired) electrons. The van der Waals surface area contributed by atoms with Crippen LogP contribution in [0.15, 0.2) is 41.3 Å². The van der Waals surface area contributed by atoms with Gasteiger partial charge in [0.25, 0.3) is 5.56 Å². The second-order valence-electron chi connectivity index (χ2n) is 4.56. The summed E-state index contributed by atoms with van der Waals surface area (Å²) in [4.78, 5) is 23.4. The van der Waals surface area contributed by atoms with Gasteiger partial charge in [0.2, 0.25) is 5.91 Å². The number of halogens is 5. The van der Waals surface area contributed by atoms with Crippen molar-refractivity contribution >= 4 is 34.8 Å². The molecule has 0 aliphatic rings. The van der Waals surface area contributed by atoms with E-state index in [1.165, 1.54) is 18.2 Å². The SMILES string of the molecule is O=C(Cn1cc(C(F)(F)F)ccc1=O)Nc1ccc(Cl)c(Cl)c1. The summed E-state index contributed by atoms with van der Waals surface area (Å²) in [7, 11) is 0. The first-order valence-electron chi connectivity index (χ1n) is 6.19. The molecule has 1 aromatic carbocycles. The maximum absolute atomic E-state index is 12.6. The Hall–Kier alpha value is -1.99. The molecule has 0 saturated heterocycles. The molecule has 0 fully saturated rings. The fourth-order valence-corrected chi connectivity index (χ4v) is 2.05. The van der Waals surface area contributed by atoms with Crippen LogP contribution in [0, 0.1) is 0 Å². The van der Waals surface area contributed by atoms with Gasteiger partial charge in [0.1, 0.15) is 6.54 Å². The van der Waals surface area contributed by atoms with E-state index < -0.39 is 29.8 Å². The molecule has 1 aromatic heterocycles. The zero-order chi connectivity index (χ0) is 17.2. The van der Waals surface area contributed by atoms with E-state index in [0.29, 0.717) is 27.5 Å². The van der Waals surface area contributed by atoms with Gasteiger partial charge in [-0.3, -0.25) is 9.59 Å². The van der Waals surface area contributed by atoms with Gasteiger partial charge in [-0.2, -0.15) is 13.2 Å². The highest BCUT2D eigenvalue weighted by Gasteiger charge is 2.31. The summed E-state index contributed by atoms with van der Waals surface area (Å²) in [5.41, 5.74) is -1.42. The van der Waals surface area contributed by atoms with Gasteiger partial charge in [-0.05, 0) is 24.3 Å². The van der Waals surface area contributed by atoms with Gasteiger partial charge < -0.3 is 9.88 Å². The predicted molar refractivity (Wildman–Crippen MR) is 80.8 cm³/mol. The van der Waals surface area contributed by atoms with E-state index in [4.69, 9.17) is 23.2 Å². The largest absolute Gasteiger partial charge is 0.417 e. The van der Waals surface area contributed by atoms with Crippen molar-refractivity contribution in [2.24, 2.45) is 0 Å². The summed E-state index contributed by atoms with van der Waals surface area (Å²) in [5, 5.41) is 2.92. The van der Waals surface area contributed by atoms with Gasteiger partial charge >= 0.3 is 6.18 Å². The lowest BCUT2D eigenvalue weighted by Gasteiger charge is -2.11. The molecule has 0 aliphatic heterocycles. The lowest BCUT2D eigenvalue weighted by atomic mass is 10.2. The van der Waals surface area contributed by atoms with Crippen molar-refractivity contribution in [3.8, 4) is 0 Å². The van der Waals surface area contributed by atoms with E-state index in [1.54, 1.807) is 0 Å². The van der Waals surface area contributed by atoms with Gasteiger partial charge in [-0.15, -0.1) is 0 Å². The van der Waals surface area contributed by atoms with Crippen LogP contribution in [0.5, 0.6) is 0 Å². The lowest BCUT2D eigenvalue weighted by molar-refractivity contribution is -0.138. The van der Waals surface area contributed by atoms with Crippen LogP contribution >= 0.6 is 23.2 Å². The molecular weight excluding hydrogens is 356 g/mol. The number of carbonyl (C=O) groups is 1. The molecule has 23 heavy (non-hydrogen) atoms. The minimum atomic E-state index is -4.60. The molecule has 122 valence electrons. The van der Waals surface area contributed by atoms with Gasteiger partial charge in [0, 0.05) is 18.0 Å². The number of rotatable bonds is 3. The summed E-state index contributed by atoms with van der Waals surface area (Å²) < 4.78 is 38.5. The van der Waals surface area contributed by atoms with Crippen LogP contribution in [-0.2, 0) is 17.5 Å². The average molecular weight is 365 g/mol. The van der Waals surface area contributed by atoms with Crippen LogP contribution < -0.4 is 10.9 Å². The minimum absolute atomic E-state index is 0.209. The van der Waals surface area contributed by atoms with E-state index in [2.05, 4.69) is 5.32 Å². The Balaban J connectivity index is 2.17. The number of benzene rings is 1. The molecule has 9 heteroatoms. The highest BCUT2D eigenvalue weighted by atomic mass is 35.5. The van der Waals surface area contributed by atoms with E-state index in [9.17, 15) is 22.8 Å². The number of hydrogen-bond donors (Lipinski definition) is 1. The fourth-order valence-electron chi connectivity index (χ4n) is 1.75. The maximum Gasteiger partial charge on any atom is 0.417 e. The van der Waals surface area contributed by atoms with Gasteiger partial charge in [0.15, 0.2) is 0 Å². The van der Waals surface area contributed by atoms with Crippen LogP contribution in [0.3, 0.4) is 0 Å². The third-order valence-electron chi connectivity index (χ3n) is 2.83. The Morgan fingerprint density at radius 2 is 1.83 bits per heavy atom. The molecule has 0 saturated carbocycles. The summed E-state index contributed by atoms with van der Waals surface area (Å²) in [5.74, 6) is -0.676.